The summed E-state index contributed by atoms with van der Waals surface area (Å²) in [5.74, 6) is 0.416. The number of nitrogen functional groups attached to an aromatic ring is 1. The smallest absolute Gasteiger partial charge is 0.254 e. The van der Waals surface area contributed by atoms with Crippen molar-refractivity contribution in [1.82, 2.24) is 4.90 Å². The molecule has 0 bridgehead atoms. The molecule has 7 nitrogen and oxygen atoms in total. The second-order valence-corrected chi connectivity index (χ2v) is 9.14. The number of amidine groups is 1. The SMILES string of the molecule is Cc1cc(N(C)C(=O)Cc2cc(C(=N)N)ccc2OCc2ccccc2)ccc1C(=O)N1CCCC1.Cl. The highest BCUT2D eigenvalue weighted by atomic mass is 35.5. The first kappa shape index (κ1) is 27.7. The molecule has 4 rings (SSSR count). The predicted octanol–water partition coefficient (Wildman–Crippen LogP) is 4.72. The number of benzene rings is 3. The van der Waals surface area contributed by atoms with Gasteiger partial charge in [-0.25, -0.2) is 0 Å². The van der Waals surface area contributed by atoms with E-state index < -0.39 is 0 Å². The molecule has 1 heterocycles. The Kier molecular flexibility index (Phi) is 9.31. The van der Waals surface area contributed by atoms with E-state index >= 15 is 0 Å². The fourth-order valence-electron chi connectivity index (χ4n) is 4.37. The molecule has 3 aromatic rings. The molecule has 0 unspecified atom stereocenters. The Labute approximate surface area is 224 Å². The highest BCUT2D eigenvalue weighted by Crippen LogP contribution is 2.25. The molecule has 0 aromatic heterocycles. The van der Waals surface area contributed by atoms with Crippen LogP contribution in [0.4, 0.5) is 5.69 Å². The number of carbonyl (C=O) groups excluding carboxylic acids is 2. The van der Waals surface area contributed by atoms with Crippen molar-refractivity contribution in [3.63, 3.8) is 0 Å². The number of amides is 2. The minimum absolute atomic E-state index is 0. The van der Waals surface area contributed by atoms with E-state index in [0.717, 1.165) is 37.1 Å². The molecule has 1 fully saturated rings. The Hall–Kier alpha value is -3.84. The van der Waals surface area contributed by atoms with Crippen LogP contribution in [0.5, 0.6) is 5.75 Å². The lowest BCUT2D eigenvalue weighted by atomic mass is 10.0. The zero-order chi connectivity index (χ0) is 25.7. The average Bonchev–Trinajstić information content (AvgIpc) is 3.42. The van der Waals surface area contributed by atoms with Gasteiger partial charge in [-0.15, -0.1) is 12.4 Å². The van der Waals surface area contributed by atoms with Gasteiger partial charge in [0.2, 0.25) is 5.91 Å². The van der Waals surface area contributed by atoms with Gasteiger partial charge in [-0.3, -0.25) is 15.0 Å². The Morgan fingerprint density at radius 2 is 1.73 bits per heavy atom. The average molecular weight is 521 g/mol. The van der Waals surface area contributed by atoms with Crippen molar-refractivity contribution in [3.05, 3.63) is 94.5 Å². The van der Waals surface area contributed by atoms with Gasteiger partial charge >= 0.3 is 0 Å². The van der Waals surface area contributed by atoms with Gasteiger partial charge < -0.3 is 20.3 Å². The van der Waals surface area contributed by atoms with E-state index in [9.17, 15) is 9.59 Å². The lowest BCUT2D eigenvalue weighted by Crippen LogP contribution is -2.30. The molecule has 8 heteroatoms. The number of nitrogens with zero attached hydrogens (tertiary/aromatic N) is 2. The van der Waals surface area contributed by atoms with E-state index in [4.69, 9.17) is 15.9 Å². The number of carbonyl (C=O) groups is 2. The first-order valence-corrected chi connectivity index (χ1v) is 12.1. The predicted molar refractivity (Wildman–Crippen MR) is 149 cm³/mol. The van der Waals surface area contributed by atoms with Gasteiger partial charge in [0, 0.05) is 42.5 Å². The molecular weight excluding hydrogens is 488 g/mol. The first-order valence-electron chi connectivity index (χ1n) is 12.1. The molecule has 1 aliphatic rings. The topological polar surface area (TPSA) is 99.7 Å². The summed E-state index contributed by atoms with van der Waals surface area (Å²) in [6.45, 7) is 3.86. The second kappa shape index (κ2) is 12.4. The fraction of sp³-hybridized carbons (Fsp3) is 0.276. The number of aryl methyl sites for hydroxylation is 1. The van der Waals surface area contributed by atoms with Crippen molar-refractivity contribution < 1.29 is 14.3 Å². The molecular formula is C29H33ClN4O3. The zero-order valence-electron chi connectivity index (χ0n) is 21.2. The normalized spacial score (nSPS) is 12.5. The van der Waals surface area contributed by atoms with E-state index in [-0.39, 0.29) is 36.5 Å². The van der Waals surface area contributed by atoms with Crippen molar-refractivity contribution in [3.8, 4) is 5.75 Å². The van der Waals surface area contributed by atoms with Crippen molar-refractivity contribution >= 4 is 35.7 Å². The molecule has 2 amide bonds. The maximum atomic E-state index is 13.3. The number of likely N-dealkylation sites (N-methyl/N-ethyl adjacent to an activating group) is 1. The molecule has 0 saturated carbocycles. The second-order valence-electron chi connectivity index (χ2n) is 9.14. The van der Waals surface area contributed by atoms with Crippen LogP contribution in [-0.2, 0) is 17.8 Å². The minimum Gasteiger partial charge on any atom is -0.489 e. The van der Waals surface area contributed by atoms with Crippen LogP contribution in [0.25, 0.3) is 0 Å². The number of rotatable bonds is 8. The van der Waals surface area contributed by atoms with Gasteiger partial charge in [0.15, 0.2) is 0 Å². The third-order valence-corrected chi connectivity index (χ3v) is 6.55. The molecule has 3 N–H and O–H groups in total. The number of hydrogen-bond donors (Lipinski definition) is 2. The van der Waals surface area contributed by atoms with Gasteiger partial charge in [0.25, 0.3) is 5.91 Å². The third kappa shape index (κ3) is 6.68. The molecule has 0 spiro atoms. The van der Waals surface area contributed by atoms with Crippen molar-refractivity contribution in [2.45, 2.75) is 32.8 Å². The Morgan fingerprint density at radius 1 is 1.03 bits per heavy atom. The molecule has 1 saturated heterocycles. The van der Waals surface area contributed by atoms with Crippen LogP contribution < -0.4 is 15.4 Å². The monoisotopic (exact) mass is 520 g/mol. The highest BCUT2D eigenvalue weighted by Gasteiger charge is 2.22. The first-order chi connectivity index (χ1) is 17.3. The van der Waals surface area contributed by atoms with Crippen LogP contribution in [-0.4, -0.2) is 42.7 Å². The number of nitrogens with one attached hydrogen (secondary N) is 1. The standard InChI is InChI=1S/C29H32N4O3.ClH/c1-20-16-24(11-12-25(20)29(35)33-14-6-7-15-33)32(2)27(34)18-23-17-22(28(30)31)10-13-26(23)36-19-21-8-4-3-5-9-21;/h3-5,8-13,16-17H,6-7,14-15,18-19H2,1-2H3,(H3,30,31);1H. The largest absolute Gasteiger partial charge is 0.489 e. The summed E-state index contributed by atoms with van der Waals surface area (Å²) in [6, 6.07) is 20.5. The van der Waals surface area contributed by atoms with E-state index in [1.807, 2.05) is 54.3 Å². The van der Waals surface area contributed by atoms with Gasteiger partial charge in [-0.2, -0.15) is 0 Å². The van der Waals surface area contributed by atoms with Crippen LogP contribution in [0.15, 0.2) is 66.7 Å². The fourth-order valence-corrected chi connectivity index (χ4v) is 4.37. The van der Waals surface area contributed by atoms with Gasteiger partial charge in [-0.05, 0) is 67.3 Å². The summed E-state index contributed by atoms with van der Waals surface area (Å²) in [4.78, 5) is 29.6. The van der Waals surface area contributed by atoms with Crippen LogP contribution in [0.3, 0.4) is 0 Å². The maximum Gasteiger partial charge on any atom is 0.254 e. The summed E-state index contributed by atoms with van der Waals surface area (Å²) < 4.78 is 6.03. The number of nitrogens with two attached hydrogens (primary N) is 1. The molecule has 0 radical (unpaired) electrons. The van der Waals surface area contributed by atoms with E-state index in [2.05, 4.69) is 0 Å². The number of likely N-dealkylation sites (tertiary alicyclic amines) is 1. The number of hydrogen-bond acceptors (Lipinski definition) is 4. The van der Waals surface area contributed by atoms with E-state index in [1.54, 1.807) is 36.2 Å². The molecule has 0 aliphatic carbocycles. The molecule has 1 aliphatic heterocycles. The zero-order valence-corrected chi connectivity index (χ0v) is 22.0. The summed E-state index contributed by atoms with van der Waals surface area (Å²) in [5.41, 5.74) is 10.1. The van der Waals surface area contributed by atoms with Gasteiger partial charge in [0.05, 0.1) is 6.42 Å². The Morgan fingerprint density at radius 3 is 2.38 bits per heavy atom. The van der Waals surface area contributed by atoms with Gasteiger partial charge in [-0.1, -0.05) is 30.3 Å². The lowest BCUT2D eigenvalue weighted by molar-refractivity contribution is -0.117. The minimum atomic E-state index is -0.140. The summed E-state index contributed by atoms with van der Waals surface area (Å²) in [6.07, 6.45) is 2.17. The molecule has 37 heavy (non-hydrogen) atoms. The summed E-state index contributed by atoms with van der Waals surface area (Å²) >= 11 is 0. The van der Waals surface area contributed by atoms with E-state index in [0.29, 0.717) is 34.7 Å². The third-order valence-electron chi connectivity index (χ3n) is 6.55. The Bertz CT molecular complexity index is 1270. The van der Waals surface area contributed by atoms with Crippen LogP contribution in [0.2, 0.25) is 0 Å². The van der Waals surface area contributed by atoms with Gasteiger partial charge in [0.1, 0.15) is 18.2 Å². The van der Waals surface area contributed by atoms with Crippen LogP contribution in [0.1, 0.15) is 45.5 Å². The Balaban J connectivity index is 0.00000380. The number of ether oxygens (including phenoxy) is 1. The number of anilines is 1. The lowest BCUT2D eigenvalue weighted by Gasteiger charge is -2.21. The molecule has 3 aromatic carbocycles. The number of halogens is 1. The molecule has 194 valence electrons. The van der Waals surface area contributed by atoms with Crippen molar-refractivity contribution in [2.24, 2.45) is 5.73 Å². The maximum absolute atomic E-state index is 13.3. The summed E-state index contributed by atoms with van der Waals surface area (Å²) in [5, 5.41) is 7.79. The van der Waals surface area contributed by atoms with Crippen molar-refractivity contribution in [1.29, 1.82) is 5.41 Å². The quantitative estimate of drug-likeness (QED) is 0.331. The molecule has 0 atom stereocenters. The highest BCUT2D eigenvalue weighted by molar-refractivity contribution is 5.99. The van der Waals surface area contributed by atoms with E-state index in [1.165, 1.54) is 0 Å². The summed E-state index contributed by atoms with van der Waals surface area (Å²) in [7, 11) is 1.72. The van der Waals surface area contributed by atoms with Crippen LogP contribution in [0, 0.1) is 12.3 Å². The van der Waals surface area contributed by atoms with Crippen LogP contribution >= 0.6 is 12.4 Å². The van der Waals surface area contributed by atoms with Crippen molar-refractivity contribution in [2.75, 3.05) is 25.0 Å².